The molecule has 1 aromatic carbocycles. The molecule has 2 heterocycles. The lowest BCUT2D eigenvalue weighted by Crippen LogP contribution is -2.60. The van der Waals surface area contributed by atoms with Gasteiger partial charge in [0.25, 0.3) is 0 Å². The third kappa shape index (κ3) is 2.83. The zero-order chi connectivity index (χ0) is 16.6. The molecule has 2 fully saturated rings. The first-order valence-electron chi connectivity index (χ1n) is 7.98. The Morgan fingerprint density at radius 2 is 2.17 bits per heavy atom. The lowest BCUT2D eigenvalue weighted by atomic mass is 9.83. The van der Waals surface area contributed by atoms with E-state index in [0.29, 0.717) is 12.0 Å². The van der Waals surface area contributed by atoms with Gasteiger partial charge < -0.3 is 10.6 Å². The number of benzene rings is 1. The van der Waals surface area contributed by atoms with E-state index in [0.717, 1.165) is 19.4 Å². The van der Waals surface area contributed by atoms with E-state index in [1.807, 2.05) is 6.92 Å². The summed E-state index contributed by atoms with van der Waals surface area (Å²) in [5.74, 6) is -0.599. The van der Waals surface area contributed by atoms with Gasteiger partial charge in [-0.3, -0.25) is 14.5 Å². The first-order valence-corrected chi connectivity index (χ1v) is 7.98. The number of piperidine rings is 1. The SMILES string of the molecule is C[C@]12CCN(CC(N)=O)[C@H]1CCC(=O)N2Cc1ccccc1F. The molecule has 0 saturated carbocycles. The van der Waals surface area contributed by atoms with Gasteiger partial charge in [-0.1, -0.05) is 18.2 Å². The Morgan fingerprint density at radius 1 is 1.43 bits per heavy atom. The number of nitrogens with two attached hydrogens (primary N) is 1. The lowest BCUT2D eigenvalue weighted by molar-refractivity contribution is -0.144. The molecule has 0 bridgehead atoms. The van der Waals surface area contributed by atoms with E-state index < -0.39 is 0 Å². The fourth-order valence-corrected chi connectivity index (χ4v) is 4.03. The highest BCUT2D eigenvalue weighted by atomic mass is 19.1. The van der Waals surface area contributed by atoms with E-state index in [4.69, 9.17) is 5.73 Å². The van der Waals surface area contributed by atoms with Crippen molar-refractivity contribution in [3.8, 4) is 0 Å². The molecule has 0 unspecified atom stereocenters. The molecule has 0 spiro atoms. The summed E-state index contributed by atoms with van der Waals surface area (Å²) < 4.78 is 14.0. The van der Waals surface area contributed by atoms with Crippen molar-refractivity contribution in [2.75, 3.05) is 13.1 Å². The Labute approximate surface area is 135 Å². The van der Waals surface area contributed by atoms with Crippen LogP contribution in [0.5, 0.6) is 0 Å². The van der Waals surface area contributed by atoms with Crippen LogP contribution in [0.4, 0.5) is 4.39 Å². The molecule has 0 radical (unpaired) electrons. The largest absolute Gasteiger partial charge is 0.369 e. The van der Waals surface area contributed by atoms with Crippen molar-refractivity contribution in [1.82, 2.24) is 9.80 Å². The van der Waals surface area contributed by atoms with Gasteiger partial charge in [-0.2, -0.15) is 0 Å². The number of nitrogens with zero attached hydrogens (tertiary/aromatic N) is 2. The minimum absolute atomic E-state index is 0.0490. The number of amides is 2. The Hall–Kier alpha value is -1.95. The van der Waals surface area contributed by atoms with Crippen LogP contribution in [0.1, 0.15) is 31.7 Å². The first kappa shape index (κ1) is 15.9. The van der Waals surface area contributed by atoms with Crippen LogP contribution in [0.2, 0.25) is 0 Å². The fourth-order valence-electron chi connectivity index (χ4n) is 4.03. The number of primary amides is 1. The molecule has 2 N–H and O–H groups in total. The van der Waals surface area contributed by atoms with E-state index in [2.05, 4.69) is 4.90 Å². The van der Waals surface area contributed by atoms with E-state index >= 15 is 0 Å². The predicted octanol–water partition coefficient (Wildman–Crippen LogP) is 1.27. The van der Waals surface area contributed by atoms with E-state index in [1.165, 1.54) is 6.07 Å². The monoisotopic (exact) mass is 319 g/mol. The van der Waals surface area contributed by atoms with Crippen molar-refractivity contribution in [3.63, 3.8) is 0 Å². The third-order valence-corrected chi connectivity index (χ3v) is 5.26. The number of halogens is 1. The highest BCUT2D eigenvalue weighted by Crippen LogP contribution is 2.41. The van der Waals surface area contributed by atoms with Crippen LogP contribution >= 0.6 is 0 Å². The van der Waals surface area contributed by atoms with Crippen molar-refractivity contribution in [2.45, 2.75) is 44.3 Å². The molecular formula is C17H22FN3O2. The zero-order valence-electron chi connectivity index (χ0n) is 13.3. The van der Waals surface area contributed by atoms with Crippen LogP contribution < -0.4 is 5.73 Å². The molecule has 1 aromatic rings. The predicted molar refractivity (Wildman–Crippen MR) is 83.8 cm³/mol. The molecule has 124 valence electrons. The topological polar surface area (TPSA) is 66.6 Å². The second-order valence-corrected chi connectivity index (χ2v) is 6.67. The highest BCUT2D eigenvalue weighted by Gasteiger charge is 2.52. The van der Waals surface area contributed by atoms with Gasteiger partial charge in [0.1, 0.15) is 5.82 Å². The Morgan fingerprint density at radius 3 is 2.87 bits per heavy atom. The van der Waals surface area contributed by atoms with E-state index in [9.17, 15) is 14.0 Å². The summed E-state index contributed by atoms with van der Waals surface area (Å²) in [6.45, 7) is 3.24. The van der Waals surface area contributed by atoms with E-state index in [1.54, 1.807) is 23.1 Å². The summed E-state index contributed by atoms with van der Waals surface area (Å²) in [6.07, 6.45) is 1.91. The van der Waals surface area contributed by atoms with Crippen LogP contribution in [0.25, 0.3) is 0 Å². The molecule has 3 rings (SSSR count). The average Bonchev–Trinajstić information content (AvgIpc) is 2.81. The smallest absolute Gasteiger partial charge is 0.231 e. The van der Waals surface area contributed by atoms with Gasteiger partial charge in [0.2, 0.25) is 11.8 Å². The van der Waals surface area contributed by atoms with Crippen molar-refractivity contribution < 1.29 is 14.0 Å². The van der Waals surface area contributed by atoms with Crippen LogP contribution in [-0.2, 0) is 16.1 Å². The summed E-state index contributed by atoms with van der Waals surface area (Å²) in [7, 11) is 0. The minimum Gasteiger partial charge on any atom is -0.369 e. The molecule has 23 heavy (non-hydrogen) atoms. The second kappa shape index (κ2) is 5.92. The molecular weight excluding hydrogens is 297 g/mol. The third-order valence-electron chi connectivity index (χ3n) is 5.26. The summed E-state index contributed by atoms with van der Waals surface area (Å²) in [5, 5.41) is 0. The highest BCUT2D eigenvalue weighted by molar-refractivity contribution is 5.79. The van der Waals surface area contributed by atoms with Gasteiger partial charge in [-0.05, 0) is 25.8 Å². The molecule has 2 saturated heterocycles. The first-order chi connectivity index (χ1) is 10.9. The minimum atomic E-state index is -0.382. The number of likely N-dealkylation sites (tertiary alicyclic amines) is 2. The fraction of sp³-hybridized carbons (Fsp3) is 0.529. The van der Waals surface area contributed by atoms with Gasteiger partial charge >= 0.3 is 0 Å². The normalized spacial score (nSPS) is 28.0. The summed E-state index contributed by atoms with van der Waals surface area (Å²) in [6, 6.07) is 6.65. The summed E-state index contributed by atoms with van der Waals surface area (Å²) in [5.41, 5.74) is 5.47. The molecule has 6 heteroatoms. The summed E-state index contributed by atoms with van der Waals surface area (Å²) >= 11 is 0. The summed E-state index contributed by atoms with van der Waals surface area (Å²) in [4.78, 5) is 27.6. The standard InChI is InChI=1S/C17H22FN3O2/c1-17-8-9-20(11-15(19)22)14(17)6-7-16(23)21(17)10-12-4-2-3-5-13(12)18/h2-5,14H,6-11H2,1H3,(H2,19,22)/t14-,17-/m0/s1. The number of carbonyl (C=O) groups is 2. The van der Waals surface area contributed by atoms with Crippen LogP contribution in [0.3, 0.4) is 0 Å². The van der Waals surface area contributed by atoms with Gasteiger partial charge in [-0.15, -0.1) is 0 Å². The average molecular weight is 319 g/mol. The molecule has 2 atom stereocenters. The maximum Gasteiger partial charge on any atom is 0.231 e. The van der Waals surface area contributed by atoms with Crippen LogP contribution in [0, 0.1) is 5.82 Å². The van der Waals surface area contributed by atoms with Gasteiger partial charge in [0.15, 0.2) is 0 Å². The number of fused-ring (bicyclic) bond motifs is 1. The van der Waals surface area contributed by atoms with Gasteiger partial charge in [0.05, 0.1) is 12.1 Å². The number of hydrogen-bond acceptors (Lipinski definition) is 3. The van der Waals surface area contributed by atoms with Crippen molar-refractivity contribution in [3.05, 3.63) is 35.6 Å². The molecule has 0 aliphatic carbocycles. The van der Waals surface area contributed by atoms with Crippen LogP contribution in [-0.4, -0.2) is 46.3 Å². The number of hydrogen-bond donors (Lipinski definition) is 1. The van der Waals surface area contributed by atoms with Gasteiger partial charge in [0, 0.05) is 31.1 Å². The lowest BCUT2D eigenvalue weighted by Gasteiger charge is -2.48. The van der Waals surface area contributed by atoms with Crippen molar-refractivity contribution >= 4 is 11.8 Å². The number of rotatable bonds is 4. The maximum atomic E-state index is 14.0. The molecule has 2 aliphatic rings. The molecule has 2 amide bonds. The quantitative estimate of drug-likeness (QED) is 0.909. The molecule has 5 nitrogen and oxygen atoms in total. The van der Waals surface area contributed by atoms with Gasteiger partial charge in [-0.25, -0.2) is 4.39 Å². The maximum absolute atomic E-state index is 14.0. The van der Waals surface area contributed by atoms with Crippen molar-refractivity contribution in [1.29, 1.82) is 0 Å². The number of carbonyl (C=O) groups excluding carboxylic acids is 2. The van der Waals surface area contributed by atoms with Crippen molar-refractivity contribution in [2.24, 2.45) is 5.73 Å². The molecule has 0 aromatic heterocycles. The Bertz CT molecular complexity index is 636. The Balaban J connectivity index is 1.86. The molecule has 2 aliphatic heterocycles. The zero-order valence-corrected chi connectivity index (χ0v) is 13.3. The Kier molecular flexibility index (Phi) is 4.10. The van der Waals surface area contributed by atoms with Crippen LogP contribution in [0.15, 0.2) is 24.3 Å². The second-order valence-electron chi connectivity index (χ2n) is 6.67. The van der Waals surface area contributed by atoms with E-state index in [-0.39, 0.29) is 42.3 Å².